The van der Waals surface area contributed by atoms with E-state index < -0.39 is 5.41 Å². The van der Waals surface area contributed by atoms with Crippen LogP contribution in [-0.4, -0.2) is 11.1 Å². The van der Waals surface area contributed by atoms with E-state index in [-0.39, 0.29) is 0 Å². The van der Waals surface area contributed by atoms with Gasteiger partial charge in [0.15, 0.2) is 0 Å². The smallest absolute Gasteiger partial charge is 0.132 e. The first-order valence-electron chi connectivity index (χ1n) is 19.3. The van der Waals surface area contributed by atoms with Gasteiger partial charge in [0.25, 0.3) is 0 Å². The Morgan fingerprint density at radius 3 is 2.33 bits per heavy atom. The van der Waals surface area contributed by atoms with Crippen LogP contribution < -0.4 is 14.8 Å². The van der Waals surface area contributed by atoms with Crippen molar-refractivity contribution in [2.45, 2.75) is 68.6 Å². The van der Waals surface area contributed by atoms with Gasteiger partial charge in [-0.05, 0) is 122 Å². The summed E-state index contributed by atoms with van der Waals surface area (Å²) in [7, 11) is 0. The number of rotatable bonds is 3. The lowest BCUT2D eigenvalue weighted by atomic mass is 9.60. The summed E-state index contributed by atoms with van der Waals surface area (Å²) in [6.45, 7) is 0.938. The zero-order valence-corrected chi connectivity index (χ0v) is 29.4. The van der Waals surface area contributed by atoms with Crippen LogP contribution in [-0.2, 0) is 18.3 Å². The minimum atomic E-state index is -0.504. The molecular weight excluding hydrogens is 637 g/mol. The lowest BCUT2D eigenvalue weighted by molar-refractivity contribution is 0.366. The first-order valence-corrected chi connectivity index (χ1v) is 19.3. The summed E-state index contributed by atoms with van der Waals surface area (Å²) >= 11 is 0. The largest absolute Gasteiger partial charge is 0.457 e. The van der Waals surface area contributed by atoms with Crippen LogP contribution in [0, 0.1) is 0 Å². The van der Waals surface area contributed by atoms with E-state index in [0.717, 1.165) is 74.5 Å². The molecule has 4 heterocycles. The average molecular weight is 679 g/mol. The highest BCUT2D eigenvalue weighted by atomic mass is 16.5. The highest BCUT2D eigenvalue weighted by molar-refractivity contribution is 5.74. The van der Waals surface area contributed by atoms with E-state index in [0.29, 0.717) is 11.8 Å². The van der Waals surface area contributed by atoms with Crippen molar-refractivity contribution in [3.8, 4) is 22.9 Å². The summed E-state index contributed by atoms with van der Waals surface area (Å²) in [5, 5.41) is 3.44. The summed E-state index contributed by atoms with van der Waals surface area (Å²) in [6.07, 6.45) is 22.1. The van der Waals surface area contributed by atoms with Gasteiger partial charge in [0.05, 0.1) is 5.41 Å². The number of hydrogen-bond acceptors (Lipinski definition) is 3. The minimum absolute atomic E-state index is 0.308. The summed E-state index contributed by atoms with van der Waals surface area (Å²) in [6, 6.07) is 34.0. The zero-order chi connectivity index (χ0) is 34.2. The lowest BCUT2D eigenvalue weighted by Gasteiger charge is -2.47. The Balaban J connectivity index is 1.10. The quantitative estimate of drug-likeness (QED) is 0.206. The van der Waals surface area contributed by atoms with E-state index in [1.807, 2.05) is 0 Å². The third-order valence-corrected chi connectivity index (χ3v) is 12.6. The molecule has 0 bridgehead atoms. The second-order valence-corrected chi connectivity index (χ2v) is 15.3. The molecule has 5 aromatic rings. The number of para-hydroxylation sites is 2. The maximum atomic E-state index is 7.01. The topological polar surface area (TPSA) is 35.4 Å². The van der Waals surface area contributed by atoms with Crippen LogP contribution in [0.2, 0.25) is 0 Å². The Bertz CT molecular complexity index is 2390. The van der Waals surface area contributed by atoms with Crippen LogP contribution in [0.1, 0.15) is 101 Å². The molecule has 1 aromatic heterocycles. The third-order valence-electron chi connectivity index (χ3n) is 12.6. The predicted octanol–water partition coefficient (Wildman–Crippen LogP) is 10.9. The van der Waals surface area contributed by atoms with Gasteiger partial charge in [0.2, 0.25) is 0 Å². The molecule has 4 nitrogen and oxygen atoms in total. The number of fused-ring (bicyclic) bond motifs is 10. The van der Waals surface area contributed by atoms with Crippen LogP contribution in [0.3, 0.4) is 0 Å². The van der Waals surface area contributed by atoms with Gasteiger partial charge in [0.1, 0.15) is 23.0 Å². The van der Waals surface area contributed by atoms with Crippen molar-refractivity contribution in [3.63, 3.8) is 0 Å². The molecule has 0 fully saturated rings. The van der Waals surface area contributed by atoms with Gasteiger partial charge >= 0.3 is 0 Å². The van der Waals surface area contributed by atoms with E-state index in [1.54, 1.807) is 0 Å². The molecule has 4 heteroatoms. The highest BCUT2D eigenvalue weighted by Gasteiger charge is 2.52. The van der Waals surface area contributed by atoms with Crippen LogP contribution in [0.4, 0.5) is 0 Å². The predicted molar refractivity (Wildman–Crippen MR) is 208 cm³/mol. The van der Waals surface area contributed by atoms with Crippen LogP contribution in [0.25, 0.3) is 11.8 Å². The Kier molecular flexibility index (Phi) is 6.83. The van der Waals surface area contributed by atoms with E-state index in [1.165, 1.54) is 68.0 Å². The molecule has 3 unspecified atom stereocenters. The highest BCUT2D eigenvalue weighted by Crippen LogP contribution is 2.62. The van der Waals surface area contributed by atoms with Crippen molar-refractivity contribution >= 4 is 6.08 Å². The van der Waals surface area contributed by atoms with E-state index in [9.17, 15) is 0 Å². The summed E-state index contributed by atoms with van der Waals surface area (Å²) in [5.74, 6) is 4.58. The zero-order valence-electron chi connectivity index (χ0n) is 29.4. The fraction of sp³-hybridized carbons (Fsp3) is 0.250. The monoisotopic (exact) mass is 678 g/mol. The van der Waals surface area contributed by atoms with Crippen molar-refractivity contribution in [2.75, 3.05) is 6.54 Å². The average Bonchev–Trinajstić information content (AvgIpc) is 3.56. The van der Waals surface area contributed by atoms with Crippen LogP contribution in [0.15, 0.2) is 133 Å². The Morgan fingerprint density at radius 2 is 1.44 bits per heavy atom. The molecule has 3 atom stereocenters. The molecule has 6 aliphatic rings. The molecule has 11 rings (SSSR count). The molecule has 0 saturated heterocycles. The van der Waals surface area contributed by atoms with Crippen molar-refractivity contribution in [1.82, 2.24) is 9.88 Å². The molecule has 1 spiro atoms. The van der Waals surface area contributed by atoms with E-state index in [2.05, 4.69) is 137 Å². The number of hydrogen-bond donors (Lipinski definition) is 1. The minimum Gasteiger partial charge on any atom is -0.457 e. The molecule has 52 heavy (non-hydrogen) atoms. The first-order chi connectivity index (χ1) is 25.8. The van der Waals surface area contributed by atoms with Gasteiger partial charge in [-0.1, -0.05) is 85.0 Å². The van der Waals surface area contributed by atoms with Gasteiger partial charge in [-0.3, -0.25) is 0 Å². The molecule has 3 aliphatic carbocycles. The normalized spacial score (nSPS) is 23.3. The molecule has 256 valence electrons. The van der Waals surface area contributed by atoms with Crippen molar-refractivity contribution < 1.29 is 9.47 Å². The van der Waals surface area contributed by atoms with Gasteiger partial charge < -0.3 is 19.4 Å². The fourth-order valence-electron chi connectivity index (χ4n) is 10.4. The molecule has 4 aromatic carbocycles. The summed E-state index contributed by atoms with van der Waals surface area (Å²) in [4.78, 5) is 0. The van der Waals surface area contributed by atoms with Gasteiger partial charge in [-0.15, -0.1) is 0 Å². The van der Waals surface area contributed by atoms with Gasteiger partial charge in [0, 0.05) is 52.1 Å². The number of ether oxygens (including phenoxy) is 2. The lowest BCUT2D eigenvalue weighted by Crippen LogP contribution is -2.39. The molecule has 0 radical (unpaired) electrons. The SMILES string of the molecule is C1=CC2=C(CC1)C1(c3ccc(C4CC=CNC4)cc3O2)c2ccccc2Oc2cc(C3CCCc4c3c3c(n4-c4ccccc4)CCC=C3)ccc21. The van der Waals surface area contributed by atoms with E-state index in [4.69, 9.17) is 9.47 Å². The fourth-order valence-corrected chi connectivity index (χ4v) is 10.4. The Labute approximate surface area is 305 Å². The van der Waals surface area contributed by atoms with Gasteiger partial charge in [-0.25, -0.2) is 0 Å². The summed E-state index contributed by atoms with van der Waals surface area (Å²) < 4.78 is 16.5. The van der Waals surface area contributed by atoms with Gasteiger partial charge in [-0.2, -0.15) is 0 Å². The first kappa shape index (κ1) is 30.2. The molecule has 0 amide bonds. The van der Waals surface area contributed by atoms with E-state index >= 15 is 0 Å². The number of nitrogens with zero attached hydrogens (tertiary/aromatic N) is 1. The maximum absolute atomic E-state index is 7.01. The van der Waals surface area contributed by atoms with Crippen molar-refractivity contribution in [1.29, 1.82) is 0 Å². The maximum Gasteiger partial charge on any atom is 0.132 e. The third kappa shape index (κ3) is 4.33. The second-order valence-electron chi connectivity index (χ2n) is 15.3. The molecule has 0 saturated carbocycles. The van der Waals surface area contributed by atoms with Crippen LogP contribution in [0.5, 0.6) is 17.2 Å². The Hall–Kier alpha value is -5.48. The Morgan fingerprint density at radius 1 is 0.673 bits per heavy atom. The van der Waals surface area contributed by atoms with Crippen LogP contribution >= 0.6 is 0 Å². The molecular formula is C48H42N2O2. The van der Waals surface area contributed by atoms with Crippen molar-refractivity contribution in [3.05, 3.63) is 183 Å². The number of aromatic nitrogens is 1. The molecule has 1 N–H and O–H groups in total. The number of benzene rings is 4. The molecule has 3 aliphatic heterocycles. The van der Waals surface area contributed by atoms with Crippen molar-refractivity contribution in [2.24, 2.45) is 0 Å². The standard InChI is InChI=1S/C48H42N2O2/c1-2-13-34(14-3-1)50-41-19-7-4-15-36(41)47-35(16-10-20-42(47)50)32-24-26-40-46(29-32)52-44-22-9-6-18-38(44)48(40)37-17-5-8-21-43(37)51-45-28-31(23-25-39(45)48)33-12-11-27-49-30-33/h1-4,6,8-9,11,13-15,18,21-29,33,35,49H,5,7,10,12,16-17,19-20,30H2. The number of allylic oxidation sites excluding steroid dienone is 5. The second kappa shape index (κ2) is 11.8. The summed E-state index contributed by atoms with van der Waals surface area (Å²) in [5.41, 5.74) is 14.3. The number of nitrogens with one attached hydrogen (secondary N) is 1.